The lowest BCUT2D eigenvalue weighted by atomic mass is 10.0. The fourth-order valence-electron chi connectivity index (χ4n) is 2.76. The largest absolute Gasteiger partial charge is 0.350 e. The van der Waals surface area contributed by atoms with Crippen molar-refractivity contribution in [3.05, 3.63) is 57.3 Å². The van der Waals surface area contributed by atoms with E-state index in [1.54, 1.807) is 16.2 Å². The number of aryl methyl sites for hydroxylation is 1. The van der Waals surface area contributed by atoms with Gasteiger partial charge in [-0.1, -0.05) is 24.3 Å². The molecule has 1 aliphatic rings. The summed E-state index contributed by atoms with van der Waals surface area (Å²) in [7, 11) is 0. The Hall–Kier alpha value is -2.34. The molecule has 5 nitrogen and oxygen atoms in total. The number of hydrogen-bond acceptors (Lipinski definition) is 3. The van der Waals surface area contributed by atoms with E-state index in [0.717, 1.165) is 11.3 Å². The van der Waals surface area contributed by atoms with Gasteiger partial charge in [0.05, 0.1) is 13.1 Å². The summed E-state index contributed by atoms with van der Waals surface area (Å²) in [6, 6.07) is 10.00. The minimum Gasteiger partial charge on any atom is -0.350 e. The maximum Gasteiger partial charge on any atom is 0.318 e. The Balaban J connectivity index is 1.44. The number of nitrogens with zero attached hydrogens (tertiary/aromatic N) is 1. The van der Waals surface area contributed by atoms with Crippen LogP contribution < -0.4 is 10.6 Å². The molecule has 1 aromatic carbocycles. The SMILES string of the molecule is Cc1ccsc1CNC(=O)CNC(=O)N1CCc2ccccc2C1. The third-order valence-electron chi connectivity index (χ3n) is 4.23. The Morgan fingerprint density at radius 3 is 2.71 bits per heavy atom. The van der Waals surface area contributed by atoms with Crippen LogP contribution in [0, 0.1) is 6.92 Å². The van der Waals surface area contributed by atoms with Crippen molar-refractivity contribution >= 4 is 23.3 Å². The highest BCUT2D eigenvalue weighted by molar-refractivity contribution is 7.10. The summed E-state index contributed by atoms with van der Waals surface area (Å²) in [6.07, 6.45) is 0.855. The average molecular weight is 343 g/mol. The number of benzene rings is 1. The predicted octanol–water partition coefficient (Wildman–Crippen LogP) is 2.44. The number of hydrogen-bond donors (Lipinski definition) is 2. The first-order valence-corrected chi connectivity index (χ1v) is 8.90. The van der Waals surface area contributed by atoms with Crippen LogP contribution in [0.1, 0.15) is 21.6 Å². The van der Waals surface area contributed by atoms with Crippen molar-refractivity contribution < 1.29 is 9.59 Å². The van der Waals surface area contributed by atoms with Crippen LogP contribution in [-0.4, -0.2) is 29.9 Å². The topological polar surface area (TPSA) is 61.4 Å². The number of fused-ring (bicyclic) bond motifs is 1. The van der Waals surface area contributed by atoms with Crippen molar-refractivity contribution in [1.29, 1.82) is 0 Å². The molecule has 3 amide bonds. The van der Waals surface area contributed by atoms with E-state index in [2.05, 4.69) is 16.7 Å². The summed E-state index contributed by atoms with van der Waals surface area (Å²) in [6.45, 7) is 3.81. The molecule has 1 aromatic heterocycles. The van der Waals surface area contributed by atoms with Crippen LogP contribution in [0.15, 0.2) is 35.7 Å². The molecule has 0 atom stereocenters. The molecule has 6 heteroatoms. The second kappa shape index (κ2) is 7.49. The Bertz CT molecular complexity index is 741. The van der Waals surface area contributed by atoms with E-state index in [1.807, 2.05) is 36.6 Å². The van der Waals surface area contributed by atoms with Gasteiger partial charge in [0.2, 0.25) is 5.91 Å². The van der Waals surface area contributed by atoms with Gasteiger partial charge in [-0.3, -0.25) is 4.79 Å². The molecule has 126 valence electrons. The molecule has 0 saturated carbocycles. The van der Waals surface area contributed by atoms with E-state index in [4.69, 9.17) is 0 Å². The van der Waals surface area contributed by atoms with Crippen LogP contribution in [0.5, 0.6) is 0 Å². The number of rotatable bonds is 4. The number of nitrogens with one attached hydrogen (secondary N) is 2. The molecule has 0 bridgehead atoms. The molecular formula is C18H21N3O2S. The first-order valence-electron chi connectivity index (χ1n) is 8.02. The zero-order valence-electron chi connectivity index (χ0n) is 13.7. The van der Waals surface area contributed by atoms with E-state index in [1.165, 1.54) is 16.7 Å². The van der Waals surface area contributed by atoms with Crippen LogP contribution in [0.2, 0.25) is 0 Å². The molecule has 0 fully saturated rings. The van der Waals surface area contributed by atoms with Crippen molar-refractivity contribution in [2.75, 3.05) is 13.1 Å². The second-order valence-corrected chi connectivity index (χ2v) is 6.90. The smallest absolute Gasteiger partial charge is 0.318 e. The Kier molecular flexibility index (Phi) is 5.15. The first kappa shape index (κ1) is 16.5. The quantitative estimate of drug-likeness (QED) is 0.896. The van der Waals surface area contributed by atoms with Crippen LogP contribution in [0.4, 0.5) is 4.79 Å². The molecule has 0 unspecified atom stereocenters. The fourth-order valence-corrected chi connectivity index (χ4v) is 3.61. The van der Waals surface area contributed by atoms with Gasteiger partial charge in [-0.2, -0.15) is 0 Å². The zero-order valence-corrected chi connectivity index (χ0v) is 14.5. The maximum atomic E-state index is 12.2. The lowest BCUT2D eigenvalue weighted by Crippen LogP contribution is -2.46. The molecule has 24 heavy (non-hydrogen) atoms. The van der Waals surface area contributed by atoms with Crippen molar-refractivity contribution in [3.8, 4) is 0 Å². The normalized spacial score (nSPS) is 13.3. The van der Waals surface area contributed by atoms with Gasteiger partial charge in [-0.05, 0) is 41.5 Å². The van der Waals surface area contributed by atoms with E-state index >= 15 is 0 Å². The molecule has 0 spiro atoms. The van der Waals surface area contributed by atoms with Crippen LogP contribution in [0.25, 0.3) is 0 Å². The highest BCUT2D eigenvalue weighted by atomic mass is 32.1. The van der Waals surface area contributed by atoms with Crippen LogP contribution in [0.3, 0.4) is 0 Å². The first-order chi connectivity index (χ1) is 11.6. The molecule has 3 rings (SSSR count). The zero-order chi connectivity index (χ0) is 16.9. The molecule has 0 radical (unpaired) electrons. The minimum absolute atomic E-state index is 0.00139. The van der Waals surface area contributed by atoms with Gasteiger partial charge in [0, 0.05) is 18.0 Å². The third-order valence-corrected chi connectivity index (χ3v) is 5.26. The monoisotopic (exact) mass is 343 g/mol. The molecule has 2 heterocycles. The van der Waals surface area contributed by atoms with Crippen molar-refractivity contribution in [1.82, 2.24) is 15.5 Å². The number of carbonyl (C=O) groups is 2. The third kappa shape index (κ3) is 3.94. The molecule has 0 aliphatic carbocycles. The highest BCUT2D eigenvalue weighted by Gasteiger charge is 2.20. The summed E-state index contributed by atoms with van der Waals surface area (Å²) in [5, 5.41) is 7.55. The van der Waals surface area contributed by atoms with Gasteiger partial charge in [-0.25, -0.2) is 4.79 Å². The van der Waals surface area contributed by atoms with Gasteiger partial charge in [-0.15, -0.1) is 11.3 Å². The number of thiophene rings is 1. The highest BCUT2D eigenvalue weighted by Crippen LogP contribution is 2.18. The lowest BCUT2D eigenvalue weighted by Gasteiger charge is -2.28. The van der Waals surface area contributed by atoms with Gasteiger partial charge in [0.15, 0.2) is 0 Å². The number of amides is 3. The van der Waals surface area contributed by atoms with Gasteiger partial charge < -0.3 is 15.5 Å². The lowest BCUT2D eigenvalue weighted by molar-refractivity contribution is -0.120. The molecule has 0 saturated heterocycles. The number of carbonyl (C=O) groups excluding carboxylic acids is 2. The van der Waals surface area contributed by atoms with E-state index in [9.17, 15) is 9.59 Å². The second-order valence-electron chi connectivity index (χ2n) is 5.90. The summed E-state index contributed by atoms with van der Waals surface area (Å²) >= 11 is 1.62. The van der Waals surface area contributed by atoms with Gasteiger partial charge >= 0.3 is 6.03 Å². The Labute approximate surface area is 145 Å². The average Bonchev–Trinajstić information content (AvgIpc) is 3.02. The predicted molar refractivity (Wildman–Crippen MR) is 94.9 cm³/mol. The molecule has 2 N–H and O–H groups in total. The summed E-state index contributed by atoms with van der Waals surface area (Å²) in [5.41, 5.74) is 3.65. The molecular weight excluding hydrogens is 322 g/mol. The minimum atomic E-state index is -0.188. The van der Waals surface area contributed by atoms with Crippen LogP contribution >= 0.6 is 11.3 Å². The molecule has 1 aliphatic heterocycles. The Morgan fingerprint density at radius 1 is 1.17 bits per heavy atom. The van der Waals surface area contributed by atoms with E-state index < -0.39 is 0 Å². The maximum absolute atomic E-state index is 12.2. The van der Waals surface area contributed by atoms with Crippen LogP contribution in [-0.2, 0) is 24.3 Å². The van der Waals surface area contributed by atoms with E-state index in [0.29, 0.717) is 19.6 Å². The van der Waals surface area contributed by atoms with Gasteiger partial charge in [0.25, 0.3) is 0 Å². The standard InChI is InChI=1S/C18H21N3O2S/c1-13-7-9-24-16(13)10-19-17(22)11-20-18(23)21-8-6-14-4-2-3-5-15(14)12-21/h2-5,7,9H,6,8,10-12H2,1H3,(H,19,22)(H,20,23). The summed E-state index contributed by atoms with van der Waals surface area (Å²) < 4.78 is 0. The summed E-state index contributed by atoms with van der Waals surface area (Å²) in [4.78, 5) is 27.0. The van der Waals surface area contributed by atoms with Crippen molar-refractivity contribution in [3.63, 3.8) is 0 Å². The van der Waals surface area contributed by atoms with E-state index in [-0.39, 0.29) is 18.5 Å². The number of urea groups is 1. The van der Waals surface area contributed by atoms with Gasteiger partial charge in [0.1, 0.15) is 0 Å². The van der Waals surface area contributed by atoms with Crippen molar-refractivity contribution in [2.24, 2.45) is 0 Å². The Morgan fingerprint density at radius 2 is 1.96 bits per heavy atom. The summed E-state index contributed by atoms with van der Waals surface area (Å²) in [5.74, 6) is -0.173. The fraction of sp³-hybridized carbons (Fsp3) is 0.333. The van der Waals surface area contributed by atoms with Crippen molar-refractivity contribution in [2.45, 2.75) is 26.4 Å². The molecule has 2 aromatic rings.